The Hall–Kier alpha value is -3.41. The number of carboxylic acid groups (broad SMARTS) is 1. The molecule has 5 N–H and O–H groups in total. The summed E-state index contributed by atoms with van der Waals surface area (Å²) >= 11 is 0. The Morgan fingerprint density at radius 2 is 1.58 bits per heavy atom. The molecule has 3 aliphatic rings. The van der Waals surface area contributed by atoms with Crippen LogP contribution in [0.1, 0.15) is 126 Å². The second kappa shape index (κ2) is 27.0. The highest BCUT2D eigenvalue weighted by Crippen LogP contribution is 2.37. The van der Waals surface area contributed by atoms with Crippen molar-refractivity contribution < 1.29 is 68.5 Å². The van der Waals surface area contributed by atoms with Crippen molar-refractivity contribution in [1.29, 1.82) is 0 Å². The van der Waals surface area contributed by atoms with Crippen LogP contribution in [0.15, 0.2) is 47.6 Å². The van der Waals surface area contributed by atoms with Crippen molar-refractivity contribution in [3.63, 3.8) is 0 Å². The molecule has 2 aliphatic heterocycles. The lowest BCUT2D eigenvalue weighted by Crippen LogP contribution is -2.60. The number of carbonyl (C=O) groups excluding carboxylic acids is 4. The monoisotopic (exact) mass is 932 g/mol. The first-order valence-corrected chi connectivity index (χ1v) is 24.0. The van der Waals surface area contributed by atoms with Crippen molar-refractivity contribution >= 4 is 29.2 Å². The topological polar surface area (TPSA) is 227 Å². The van der Waals surface area contributed by atoms with Crippen LogP contribution in [0.4, 0.5) is 0 Å². The first-order chi connectivity index (χ1) is 31.1. The lowest BCUT2D eigenvalue weighted by molar-refractivity contribution is -0.265. The molecule has 374 valence electrons. The fourth-order valence-corrected chi connectivity index (χ4v) is 9.76. The SMILES string of the molecule is COC(CC1CCC(C)C(O)(C(=O)C(=O)N2CCCCC2C(=O)O)O1)C(C)=CC=CC=CC(C)CC(C)C(=O)C(OC)C(O)C(C)=CC(C)C(=O)CC(O)C(C)CC1CCC(O)C(OC)C1. The van der Waals surface area contributed by atoms with Crippen molar-refractivity contribution in [2.45, 2.75) is 180 Å². The Morgan fingerprint density at radius 1 is 0.879 bits per heavy atom. The Morgan fingerprint density at radius 3 is 2.21 bits per heavy atom. The number of allylic oxidation sites excluding steroid dienone is 6. The summed E-state index contributed by atoms with van der Waals surface area (Å²) in [6.45, 7) is 12.7. The van der Waals surface area contributed by atoms with E-state index in [4.69, 9.17) is 18.9 Å². The van der Waals surface area contributed by atoms with Gasteiger partial charge in [0.25, 0.3) is 11.7 Å². The number of aliphatic carboxylic acids is 1. The van der Waals surface area contributed by atoms with Gasteiger partial charge in [-0.3, -0.25) is 19.2 Å². The average Bonchev–Trinajstić information content (AvgIpc) is 3.28. The van der Waals surface area contributed by atoms with Crippen molar-refractivity contribution in [3.8, 4) is 0 Å². The number of methoxy groups -OCH3 is 3. The van der Waals surface area contributed by atoms with Crippen molar-refractivity contribution in [2.24, 2.45) is 35.5 Å². The number of Topliss-reactive ketones (excluding diaryl/α,β-unsaturated/α-hetero) is 3. The summed E-state index contributed by atoms with van der Waals surface area (Å²) < 4.78 is 22.6. The molecule has 1 saturated carbocycles. The molecule has 2 saturated heterocycles. The van der Waals surface area contributed by atoms with Gasteiger partial charge in [0, 0.05) is 58.5 Å². The number of carbonyl (C=O) groups is 5. The minimum Gasteiger partial charge on any atom is -0.480 e. The van der Waals surface area contributed by atoms with E-state index in [-0.39, 0.29) is 48.9 Å². The zero-order valence-electron chi connectivity index (χ0n) is 41.1. The maximum atomic E-state index is 13.6. The molecule has 15 unspecified atom stereocenters. The van der Waals surface area contributed by atoms with Crippen LogP contribution in [-0.4, -0.2) is 142 Å². The van der Waals surface area contributed by atoms with E-state index in [2.05, 4.69) is 0 Å². The Balaban J connectivity index is 1.50. The Kier molecular flexibility index (Phi) is 23.2. The fourth-order valence-electron chi connectivity index (χ4n) is 9.76. The molecule has 2 heterocycles. The molecule has 0 aromatic heterocycles. The van der Waals surface area contributed by atoms with E-state index < -0.39 is 83.9 Å². The van der Waals surface area contributed by atoms with Gasteiger partial charge in [0.05, 0.1) is 30.5 Å². The zero-order valence-corrected chi connectivity index (χ0v) is 41.1. The van der Waals surface area contributed by atoms with Crippen LogP contribution in [0.25, 0.3) is 0 Å². The predicted octanol–water partition coefficient (Wildman–Crippen LogP) is 5.70. The van der Waals surface area contributed by atoms with Gasteiger partial charge in [-0.25, -0.2) is 4.79 Å². The van der Waals surface area contributed by atoms with E-state index >= 15 is 0 Å². The van der Waals surface area contributed by atoms with E-state index in [1.54, 1.807) is 48.0 Å². The number of hydrogen-bond acceptors (Lipinski definition) is 13. The first-order valence-electron chi connectivity index (χ1n) is 24.0. The van der Waals surface area contributed by atoms with E-state index in [1.165, 1.54) is 7.11 Å². The molecule has 1 amide bonds. The van der Waals surface area contributed by atoms with Crippen LogP contribution >= 0.6 is 0 Å². The second-order valence-corrected chi connectivity index (χ2v) is 19.5. The number of nitrogens with zero attached hydrogens (tertiary/aromatic N) is 1. The number of carboxylic acids is 1. The van der Waals surface area contributed by atoms with Gasteiger partial charge in [-0.1, -0.05) is 71.1 Å². The molecular weight excluding hydrogens is 851 g/mol. The summed E-state index contributed by atoms with van der Waals surface area (Å²) in [6.07, 6.45) is 12.2. The summed E-state index contributed by atoms with van der Waals surface area (Å²) in [6, 6.07) is -1.12. The van der Waals surface area contributed by atoms with Crippen molar-refractivity contribution in [1.82, 2.24) is 4.90 Å². The number of aliphatic hydroxyl groups excluding tert-OH is 3. The second-order valence-electron chi connectivity index (χ2n) is 19.5. The highest BCUT2D eigenvalue weighted by molar-refractivity contribution is 6.39. The Bertz CT molecular complexity index is 1740. The summed E-state index contributed by atoms with van der Waals surface area (Å²) in [4.78, 5) is 66.2. The van der Waals surface area contributed by atoms with E-state index in [9.17, 15) is 49.5 Å². The number of likely N-dealkylation sites (tertiary alicyclic amines) is 1. The molecule has 0 aromatic carbocycles. The number of piperidine rings is 1. The molecule has 0 aromatic rings. The average molecular weight is 932 g/mol. The minimum absolute atomic E-state index is 0.00151. The van der Waals surface area contributed by atoms with Crippen LogP contribution in [0, 0.1) is 35.5 Å². The van der Waals surface area contributed by atoms with Gasteiger partial charge >= 0.3 is 5.97 Å². The number of amides is 1. The van der Waals surface area contributed by atoms with Crippen molar-refractivity contribution in [2.75, 3.05) is 27.9 Å². The van der Waals surface area contributed by atoms with Gasteiger partial charge in [0.1, 0.15) is 24.0 Å². The van der Waals surface area contributed by atoms with Crippen LogP contribution in [-0.2, 0) is 42.9 Å². The molecular formula is C51H81NO14. The van der Waals surface area contributed by atoms with Gasteiger partial charge in [-0.2, -0.15) is 0 Å². The van der Waals surface area contributed by atoms with E-state index in [0.29, 0.717) is 62.9 Å². The molecule has 66 heavy (non-hydrogen) atoms. The molecule has 3 rings (SSSR count). The van der Waals surface area contributed by atoms with Gasteiger partial charge in [0.15, 0.2) is 5.78 Å². The van der Waals surface area contributed by atoms with Gasteiger partial charge in [0.2, 0.25) is 5.79 Å². The molecule has 15 atom stereocenters. The lowest BCUT2D eigenvalue weighted by Gasteiger charge is -2.42. The number of rotatable bonds is 25. The zero-order chi connectivity index (χ0) is 49.5. The third kappa shape index (κ3) is 15.8. The minimum atomic E-state index is -2.39. The highest BCUT2D eigenvalue weighted by atomic mass is 16.6. The van der Waals surface area contributed by atoms with Gasteiger partial charge < -0.3 is 49.4 Å². The van der Waals surface area contributed by atoms with Gasteiger partial charge in [-0.15, -0.1) is 0 Å². The molecule has 0 spiro atoms. The van der Waals surface area contributed by atoms with Crippen LogP contribution in [0.2, 0.25) is 0 Å². The summed E-state index contributed by atoms with van der Waals surface area (Å²) in [7, 11) is 4.52. The lowest BCUT2D eigenvalue weighted by atomic mass is 9.78. The van der Waals surface area contributed by atoms with Gasteiger partial charge in [-0.05, 0) is 107 Å². The van der Waals surface area contributed by atoms with E-state index in [1.807, 2.05) is 51.2 Å². The summed E-state index contributed by atoms with van der Waals surface area (Å²) in [5.41, 5.74) is 1.29. The van der Waals surface area contributed by atoms with E-state index in [0.717, 1.165) is 23.3 Å². The van der Waals surface area contributed by atoms with Crippen LogP contribution < -0.4 is 0 Å². The molecule has 0 bridgehead atoms. The van der Waals surface area contributed by atoms with Crippen LogP contribution in [0.5, 0.6) is 0 Å². The summed E-state index contributed by atoms with van der Waals surface area (Å²) in [5, 5.41) is 53.3. The molecule has 0 radical (unpaired) electrons. The Labute approximate surface area is 392 Å². The summed E-state index contributed by atoms with van der Waals surface area (Å²) in [5.74, 6) is -7.74. The molecule has 15 nitrogen and oxygen atoms in total. The molecule has 1 aliphatic carbocycles. The van der Waals surface area contributed by atoms with Crippen molar-refractivity contribution in [3.05, 3.63) is 47.6 Å². The standard InChI is InChI=1S/C51H81NO14/c1-30(24-34(5)45(56)47(65-10)46(57)35(6)25-32(3)41(54)29-42(55)33(4)26-37-20-22-40(53)44(27-37)64-9)16-12-11-13-17-31(2)43(63-8)28-38-21-19-36(7)51(62,66-38)48(58)49(59)52-23-15-14-18-39(52)50(60)61/h11-13,16-17,25,30,32-34,36-40,42-44,46-47,53,55,57,62H,14-15,18-24,26-29H2,1-10H3,(H,60,61). The maximum Gasteiger partial charge on any atom is 0.326 e. The predicted molar refractivity (Wildman–Crippen MR) is 249 cm³/mol. The number of ether oxygens (including phenoxy) is 4. The highest BCUT2D eigenvalue weighted by Gasteiger charge is 2.53. The first kappa shape index (κ1) is 56.9. The molecule has 15 heteroatoms. The fraction of sp³-hybridized carbons (Fsp3) is 0.745. The molecule has 3 fully saturated rings. The third-order valence-corrected chi connectivity index (χ3v) is 14.3. The smallest absolute Gasteiger partial charge is 0.326 e. The third-order valence-electron chi connectivity index (χ3n) is 14.3. The normalized spacial score (nSPS) is 29.5. The largest absolute Gasteiger partial charge is 0.480 e. The number of ketones is 3. The number of aliphatic hydroxyl groups is 4. The van der Waals surface area contributed by atoms with Crippen LogP contribution in [0.3, 0.4) is 0 Å². The number of hydrogen-bond donors (Lipinski definition) is 5. The maximum absolute atomic E-state index is 13.6. The quantitative estimate of drug-likeness (QED) is 0.0421.